The molecule has 0 bridgehead atoms. The number of halogens is 1. The fourth-order valence-electron chi connectivity index (χ4n) is 3.33. The monoisotopic (exact) mass is 345 g/mol. The van der Waals surface area contributed by atoms with E-state index >= 15 is 0 Å². The van der Waals surface area contributed by atoms with E-state index in [9.17, 15) is 4.79 Å². The third kappa shape index (κ3) is 3.70. The number of rotatable bonds is 4. The lowest BCUT2D eigenvalue weighted by molar-refractivity contribution is 0.0798. The van der Waals surface area contributed by atoms with Gasteiger partial charge in [0.1, 0.15) is 5.15 Å². The third-order valence-electron chi connectivity index (χ3n) is 4.82. The van der Waals surface area contributed by atoms with Crippen LogP contribution in [0.25, 0.3) is 10.9 Å². The third-order valence-corrected chi connectivity index (χ3v) is 5.02. The Hall–Kier alpha value is -1.65. The number of aromatic nitrogens is 1. The van der Waals surface area contributed by atoms with E-state index in [0.29, 0.717) is 17.3 Å². The summed E-state index contributed by atoms with van der Waals surface area (Å²) in [6, 6.07) is 9.23. The van der Waals surface area contributed by atoms with Crippen LogP contribution in [-0.4, -0.2) is 41.0 Å². The van der Waals surface area contributed by atoms with E-state index in [4.69, 9.17) is 11.6 Å². The zero-order valence-electron chi connectivity index (χ0n) is 14.3. The molecule has 1 N–H and O–H groups in total. The summed E-state index contributed by atoms with van der Waals surface area (Å²) in [5.41, 5.74) is 1.27. The number of fused-ring (bicyclic) bond motifs is 1. The Morgan fingerprint density at radius 3 is 2.71 bits per heavy atom. The van der Waals surface area contributed by atoms with Crippen molar-refractivity contribution in [3.8, 4) is 0 Å². The van der Waals surface area contributed by atoms with E-state index in [1.165, 1.54) is 19.3 Å². The number of amides is 1. The van der Waals surface area contributed by atoms with Crippen molar-refractivity contribution in [2.75, 3.05) is 19.6 Å². The lowest BCUT2D eigenvalue weighted by Crippen LogP contribution is -2.53. The van der Waals surface area contributed by atoms with Gasteiger partial charge in [-0.3, -0.25) is 9.69 Å². The van der Waals surface area contributed by atoms with E-state index in [0.717, 1.165) is 24.0 Å². The lowest BCUT2D eigenvalue weighted by Gasteiger charge is -2.41. The van der Waals surface area contributed by atoms with Crippen LogP contribution in [0.15, 0.2) is 30.3 Å². The van der Waals surface area contributed by atoms with E-state index in [-0.39, 0.29) is 11.4 Å². The standard InChI is InChI=1S/C19H24ClN3O/c1-19(2,23-10-6-3-7-11-23)13-21-18(24)15-12-17(20)22-16-9-5-4-8-14(15)16/h4-5,8-9,12H,3,6-7,10-11,13H2,1-2H3,(H,21,24). The molecule has 5 heteroatoms. The summed E-state index contributed by atoms with van der Waals surface area (Å²) in [4.78, 5) is 19.5. The SMILES string of the molecule is CC(C)(CNC(=O)c1cc(Cl)nc2ccccc12)N1CCCCC1. The molecule has 0 aliphatic carbocycles. The van der Waals surface area contributed by atoms with Crippen molar-refractivity contribution in [2.45, 2.75) is 38.6 Å². The fourth-order valence-corrected chi connectivity index (χ4v) is 3.53. The van der Waals surface area contributed by atoms with Crippen LogP contribution in [0.2, 0.25) is 5.15 Å². The molecule has 3 rings (SSSR count). The van der Waals surface area contributed by atoms with Crippen molar-refractivity contribution >= 4 is 28.4 Å². The molecule has 4 nitrogen and oxygen atoms in total. The number of hydrogen-bond donors (Lipinski definition) is 1. The molecular weight excluding hydrogens is 322 g/mol. The van der Waals surface area contributed by atoms with Gasteiger partial charge in [0.2, 0.25) is 0 Å². The molecule has 0 spiro atoms. The average Bonchev–Trinajstić information content (AvgIpc) is 2.59. The first-order chi connectivity index (χ1) is 11.5. The Morgan fingerprint density at radius 1 is 1.25 bits per heavy atom. The highest BCUT2D eigenvalue weighted by Crippen LogP contribution is 2.22. The van der Waals surface area contributed by atoms with Crippen molar-refractivity contribution in [1.82, 2.24) is 15.2 Å². The average molecular weight is 346 g/mol. The van der Waals surface area contributed by atoms with E-state index in [1.807, 2.05) is 24.3 Å². The predicted molar refractivity (Wildman–Crippen MR) is 98.6 cm³/mol. The number of carbonyl (C=O) groups is 1. The fraction of sp³-hybridized carbons (Fsp3) is 0.474. The summed E-state index contributed by atoms with van der Waals surface area (Å²) in [6.07, 6.45) is 3.78. The number of nitrogens with zero attached hydrogens (tertiary/aromatic N) is 2. The summed E-state index contributed by atoms with van der Waals surface area (Å²) < 4.78 is 0. The highest BCUT2D eigenvalue weighted by Gasteiger charge is 2.28. The van der Waals surface area contributed by atoms with Crippen LogP contribution in [0.4, 0.5) is 0 Å². The summed E-state index contributed by atoms with van der Waals surface area (Å²) in [7, 11) is 0. The Bertz CT molecular complexity index is 738. The quantitative estimate of drug-likeness (QED) is 0.855. The maximum absolute atomic E-state index is 12.7. The van der Waals surface area contributed by atoms with Gasteiger partial charge in [-0.25, -0.2) is 4.98 Å². The maximum atomic E-state index is 12.7. The second kappa shape index (κ2) is 7.08. The number of para-hydroxylation sites is 1. The molecule has 1 saturated heterocycles. The van der Waals surface area contributed by atoms with Crippen LogP contribution in [0.5, 0.6) is 0 Å². The summed E-state index contributed by atoms with van der Waals surface area (Å²) in [5.74, 6) is -0.0967. The summed E-state index contributed by atoms with van der Waals surface area (Å²) >= 11 is 6.08. The number of hydrogen-bond acceptors (Lipinski definition) is 3. The minimum atomic E-state index is -0.0967. The van der Waals surface area contributed by atoms with Crippen LogP contribution < -0.4 is 5.32 Å². The van der Waals surface area contributed by atoms with Gasteiger partial charge < -0.3 is 5.32 Å². The van der Waals surface area contributed by atoms with Crippen LogP contribution in [0.3, 0.4) is 0 Å². The Labute approximate surface area is 148 Å². The molecule has 1 aromatic carbocycles. The first-order valence-electron chi connectivity index (χ1n) is 8.56. The number of pyridine rings is 1. The van der Waals surface area contributed by atoms with Gasteiger partial charge >= 0.3 is 0 Å². The normalized spacial score (nSPS) is 16.3. The number of nitrogens with one attached hydrogen (secondary N) is 1. The van der Waals surface area contributed by atoms with Crippen molar-refractivity contribution in [2.24, 2.45) is 0 Å². The van der Waals surface area contributed by atoms with Crippen LogP contribution in [0, 0.1) is 0 Å². The van der Waals surface area contributed by atoms with Crippen LogP contribution in [-0.2, 0) is 0 Å². The second-order valence-electron chi connectivity index (χ2n) is 7.05. The lowest BCUT2D eigenvalue weighted by atomic mass is 9.98. The molecule has 0 radical (unpaired) electrons. The molecule has 1 aromatic heterocycles. The predicted octanol–water partition coefficient (Wildman–Crippen LogP) is 3.88. The highest BCUT2D eigenvalue weighted by molar-refractivity contribution is 6.30. The largest absolute Gasteiger partial charge is 0.350 e. The van der Waals surface area contributed by atoms with Gasteiger partial charge in [-0.05, 0) is 51.9 Å². The van der Waals surface area contributed by atoms with Gasteiger partial charge in [0.15, 0.2) is 0 Å². The maximum Gasteiger partial charge on any atom is 0.252 e. The first-order valence-corrected chi connectivity index (χ1v) is 8.94. The van der Waals surface area contributed by atoms with Gasteiger partial charge in [-0.2, -0.15) is 0 Å². The Morgan fingerprint density at radius 2 is 1.96 bits per heavy atom. The molecule has 0 saturated carbocycles. The minimum absolute atomic E-state index is 0.0529. The Kier molecular flexibility index (Phi) is 5.07. The van der Waals surface area contributed by atoms with Crippen LogP contribution >= 0.6 is 11.6 Å². The van der Waals surface area contributed by atoms with E-state index < -0.39 is 0 Å². The summed E-state index contributed by atoms with van der Waals surface area (Å²) in [5, 5.41) is 4.26. The van der Waals surface area contributed by atoms with Crippen molar-refractivity contribution in [3.63, 3.8) is 0 Å². The van der Waals surface area contributed by atoms with Gasteiger partial charge in [-0.15, -0.1) is 0 Å². The van der Waals surface area contributed by atoms with E-state index in [1.54, 1.807) is 6.07 Å². The summed E-state index contributed by atoms with van der Waals surface area (Å²) in [6.45, 7) is 7.20. The minimum Gasteiger partial charge on any atom is -0.350 e. The number of likely N-dealkylation sites (tertiary alicyclic amines) is 1. The molecule has 0 atom stereocenters. The zero-order valence-corrected chi connectivity index (χ0v) is 15.1. The van der Waals surface area contributed by atoms with Crippen molar-refractivity contribution in [3.05, 3.63) is 41.0 Å². The van der Waals surface area contributed by atoms with Gasteiger partial charge in [-0.1, -0.05) is 36.2 Å². The highest BCUT2D eigenvalue weighted by atomic mass is 35.5. The second-order valence-corrected chi connectivity index (χ2v) is 7.44. The molecule has 1 amide bonds. The topological polar surface area (TPSA) is 45.2 Å². The van der Waals surface area contributed by atoms with Crippen molar-refractivity contribution in [1.29, 1.82) is 0 Å². The van der Waals surface area contributed by atoms with E-state index in [2.05, 4.69) is 29.0 Å². The number of carbonyl (C=O) groups excluding carboxylic acids is 1. The number of piperidine rings is 1. The van der Waals surface area contributed by atoms with Crippen molar-refractivity contribution < 1.29 is 4.79 Å². The van der Waals surface area contributed by atoms with Gasteiger partial charge in [0.25, 0.3) is 5.91 Å². The molecule has 128 valence electrons. The molecule has 2 heterocycles. The number of benzene rings is 1. The molecule has 1 aliphatic rings. The van der Waals surface area contributed by atoms with Crippen LogP contribution in [0.1, 0.15) is 43.5 Å². The molecule has 1 fully saturated rings. The Balaban J connectivity index is 1.75. The smallest absolute Gasteiger partial charge is 0.252 e. The molecule has 1 aliphatic heterocycles. The first kappa shape index (κ1) is 17.2. The van der Waals surface area contributed by atoms with Gasteiger partial charge in [0, 0.05) is 17.5 Å². The zero-order chi connectivity index (χ0) is 17.2. The van der Waals surface area contributed by atoms with Gasteiger partial charge in [0.05, 0.1) is 11.1 Å². The molecule has 24 heavy (non-hydrogen) atoms. The molecule has 2 aromatic rings. The molecular formula is C19H24ClN3O. The molecule has 0 unspecified atom stereocenters.